The van der Waals surface area contributed by atoms with Crippen molar-refractivity contribution in [1.82, 2.24) is 5.32 Å². The van der Waals surface area contributed by atoms with Crippen LogP contribution < -0.4 is 10.0 Å². The molecule has 0 bridgehead atoms. The predicted octanol–water partition coefficient (Wildman–Crippen LogP) is 5.24. The molecule has 0 aliphatic heterocycles. The molecule has 0 spiro atoms. The summed E-state index contributed by atoms with van der Waals surface area (Å²) in [6.07, 6.45) is 0. The van der Waals surface area contributed by atoms with Crippen LogP contribution in [0, 0.1) is 27.7 Å². The highest BCUT2D eigenvalue weighted by Gasteiger charge is 2.20. The predicted molar refractivity (Wildman–Crippen MR) is 132 cm³/mol. The summed E-state index contributed by atoms with van der Waals surface area (Å²) < 4.78 is 28.8. The van der Waals surface area contributed by atoms with Gasteiger partial charge in [-0.15, -0.1) is 11.8 Å². The first-order chi connectivity index (χ1) is 15.2. The van der Waals surface area contributed by atoms with Gasteiger partial charge in [-0.1, -0.05) is 35.9 Å². The van der Waals surface area contributed by atoms with Crippen molar-refractivity contribution < 1.29 is 13.2 Å². The molecule has 3 rings (SSSR count). The number of hydrogen-bond donors (Lipinski definition) is 2. The van der Waals surface area contributed by atoms with E-state index in [4.69, 9.17) is 0 Å². The van der Waals surface area contributed by atoms with E-state index in [-0.39, 0.29) is 10.8 Å². The minimum absolute atomic E-state index is 0.0973. The van der Waals surface area contributed by atoms with E-state index < -0.39 is 10.0 Å². The van der Waals surface area contributed by atoms with Crippen molar-refractivity contribution in [2.24, 2.45) is 0 Å². The molecule has 0 unspecified atom stereocenters. The molecule has 0 fully saturated rings. The number of carbonyl (C=O) groups is 1. The van der Waals surface area contributed by atoms with E-state index in [1.807, 2.05) is 32.9 Å². The van der Waals surface area contributed by atoms with E-state index in [1.165, 1.54) is 11.6 Å². The van der Waals surface area contributed by atoms with E-state index in [1.54, 1.807) is 36.9 Å². The average molecular weight is 469 g/mol. The number of sulfonamides is 1. The second-order valence-corrected chi connectivity index (χ2v) is 10.6. The summed E-state index contributed by atoms with van der Waals surface area (Å²) in [5.74, 6) is 0.428. The van der Waals surface area contributed by atoms with Crippen LogP contribution in [-0.4, -0.2) is 26.6 Å². The normalized spacial score (nSPS) is 11.2. The molecule has 32 heavy (non-hydrogen) atoms. The fourth-order valence-corrected chi connectivity index (χ4v) is 5.33. The van der Waals surface area contributed by atoms with Crippen LogP contribution in [0.4, 0.5) is 5.69 Å². The number of hydrogen-bond acceptors (Lipinski definition) is 4. The summed E-state index contributed by atoms with van der Waals surface area (Å²) in [7, 11) is -3.84. The lowest BCUT2D eigenvalue weighted by Gasteiger charge is -2.14. The van der Waals surface area contributed by atoms with Crippen LogP contribution in [0.1, 0.15) is 32.6 Å². The third kappa shape index (κ3) is 5.93. The fourth-order valence-electron chi connectivity index (χ4n) is 3.16. The van der Waals surface area contributed by atoms with Crippen molar-refractivity contribution in [3.8, 4) is 0 Å². The molecule has 0 aliphatic rings. The zero-order valence-electron chi connectivity index (χ0n) is 18.7. The molecule has 5 nitrogen and oxygen atoms in total. The number of thioether (sulfide) groups is 1. The fraction of sp³-hybridized carbons (Fsp3) is 0.240. The summed E-state index contributed by atoms with van der Waals surface area (Å²) in [6, 6.07) is 18.4. The van der Waals surface area contributed by atoms with Gasteiger partial charge in [0.2, 0.25) is 0 Å². The number of carbonyl (C=O) groups excluding carboxylic acids is 1. The molecule has 0 radical (unpaired) electrons. The molecular formula is C25H28N2O3S2. The molecule has 7 heteroatoms. The SMILES string of the molecule is Cc1ccc(SCCNC(=O)c2ccc(C)c(S(=O)(=O)Nc3cccc(C)c3C)c2)cc1. The van der Waals surface area contributed by atoms with E-state index >= 15 is 0 Å². The third-order valence-corrected chi connectivity index (χ3v) is 7.79. The molecular weight excluding hydrogens is 440 g/mol. The van der Waals surface area contributed by atoms with Gasteiger partial charge in [-0.05, 0) is 74.7 Å². The first-order valence-corrected chi connectivity index (χ1v) is 12.8. The lowest BCUT2D eigenvalue weighted by molar-refractivity contribution is 0.0956. The summed E-state index contributed by atoms with van der Waals surface area (Å²) in [6.45, 7) is 8.05. The standard InChI is InChI=1S/C25H28N2O3S2/c1-17-8-12-22(13-9-17)31-15-14-26-25(28)21-11-10-19(3)24(16-21)32(29,30)27-23-7-5-6-18(2)20(23)4/h5-13,16,27H,14-15H2,1-4H3,(H,26,28). The van der Waals surface area contributed by atoms with Crippen LogP contribution in [0.15, 0.2) is 70.5 Å². The van der Waals surface area contributed by atoms with Crippen molar-refractivity contribution in [2.45, 2.75) is 37.5 Å². The van der Waals surface area contributed by atoms with Gasteiger partial charge < -0.3 is 5.32 Å². The number of benzene rings is 3. The maximum absolute atomic E-state index is 13.1. The van der Waals surface area contributed by atoms with E-state index in [9.17, 15) is 13.2 Å². The number of nitrogens with one attached hydrogen (secondary N) is 2. The third-order valence-electron chi connectivity index (χ3n) is 5.27. The number of rotatable bonds is 8. The maximum Gasteiger partial charge on any atom is 0.262 e. The van der Waals surface area contributed by atoms with Gasteiger partial charge in [0.15, 0.2) is 0 Å². The molecule has 1 amide bonds. The number of amides is 1. The Morgan fingerprint density at radius 3 is 2.34 bits per heavy atom. The summed E-state index contributed by atoms with van der Waals surface area (Å²) in [5, 5.41) is 2.87. The molecule has 0 atom stereocenters. The van der Waals surface area contributed by atoms with Crippen molar-refractivity contribution in [3.63, 3.8) is 0 Å². The van der Waals surface area contributed by atoms with Crippen LogP contribution in [-0.2, 0) is 10.0 Å². The van der Waals surface area contributed by atoms with Gasteiger partial charge >= 0.3 is 0 Å². The van der Waals surface area contributed by atoms with Gasteiger partial charge in [0, 0.05) is 22.8 Å². The second-order valence-electron chi connectivity index (χ2n) is 7.75. The van der Waals surface area contributed by atoms with Gasteiger partial charge in [-0.2, -0.15) is 0 Å². The van der Waals surface area contributed by atoms with Crippen molar-refractivity contribution in [1.29, 1.82) is 0 Å². The average Bonchev–Trinajstić information content (AvgIpc) is 2.75. The Kier molecular flexibility index (Phi) is 7.64. The zero-order chi connectivity index (χ0) is 23.3. The van der Waals surface area contributed by atoms with Crippen molar-refractivity contribution in [3.05, 3.63) is 88.5 Å². The zero-order valence-corrected chi connectivity index (χ0v) is 20.4. The Bertz CT molecular complexity index is 1220. The Labute approximate surface area is 194 Å². The summed E-state index contributed by atoms with van der Waals surface area (Å²) in [4.78, 5) is 13.9. The highest BCUT2D eigenvalue weighted by Crippen LogP contribution is 2.24. The van der Waals surface area contributed by atoms with Gasteiger partial charge in [-0.25, -0.2) is 8.42 Å². The van der Waals surface area contributed by atoms with E-state index in [0.717, 1.165) is 21.8 Å². The first-order valence-electron chi connectivity index (χ1n) is 10.3. The first kappa shape index (κ1) is 23.9. The monoisotopic (exact) mass is 468 g/mol. The molecule has 0 saturated carbocycles. The summed E-state index contributed by atoms with van der Waals surface area (Å²) >= 11 is 1.66. The van der Waals surface area contributed by atoms with Crippen LogP contribution in [0.25, 0.3) is 0 Å². The van der Waals surface area contributed by atoms with Crippen LogP contribution in [0.5, 0.6) is 0 Å². The van der Waals surface area contributed by atoms with Gasteiger partial charge in [0.05, 0.1) is 10.6 Å². The molecule has 168 valence electrons. The molecule has 0 heterocycles. The largest absolute Gasteiger partial charge is 0.351 e. The van der Waals surface area contributed by atoms with Gasteiger partial charge in [0.25, 0.3) is 15.9 Å². The number of anilines is 1. The lowest BCUT2D eigenvalue weighted by Crippen LogP contribution is -2.26. The molecule has 3 aromatic carbocycles. The Hall–Kier alpha value is -2.77. The maximum atomic E-state index is 13.1. The quantitative estimate of drug-likeness (QED) is 0.350. The van der Waals surface area contributed by atoms with E-state index in [0.29, 0.717) is 23.4 Å². The topological polar surface area (TPSA) is 75.3 Å². The molecule has 0 saturated heterocycles. The van der Waals surface area contributed by atoms with Crippen molar-refractivity contribution in [2.75, 3.05) is 17.0 Å². The molecule has 0 aromatic heterocycles. The van der Waals surface area contributed by atoms with Crippen LogP contribution in [0.3, 0.4) is 0 Å². The lowest BCUT2D eigenvalue weighted by atomic mass is 10.1. The highest BCUT2D eigenvalue weighted by atomic mass is 32.2. The minimum Gasteiger partial charge on any atom is -0.351 e. The number of aryl methyl sites for hydroxylation is 3. The smallest absolute Gasteiger partial charge is 0.262 e. The molecule has 2 N–H and O–H groups in total. The molecule has 3 aromatic rings. The second kappa shape index (κ2) is 10.2. The van der Waals surface area contributed by atoms with Crippen molar-refractivity contribution >= 4 is 33.4 Å². The Balaban J connectivity index is 1.68. The van der Waals surface area contributed by atoms with E-state index in [2.05, 4.69) is 34.3 Å². The van der Waals surface area contributed by atoms with Crippen LogP contribution in [0.2, 0.25) is 0 Å². The summed E-state index contributed by atoms with van der Waals surface area (Å²) in [5.41, 5.74) is 4.51. The van der Waals surface area contributed by atoms with Gasteiger partial charge in [-0.3, -0.25) is 9.52 Å². The molecule has 0 aliphatic carbocycles. The minimum atomic E-state index is -3.84. The Morgan fingerprint density at radius 1 is 0.906 bits per heavy atom. The Morgan fingerprint density at radius 2 is 1.62 bits per heavy atom. The highest BCUT2D eigenvalue weighted by molar-refractivity contribution is 7.99. The van der Waals surface area contributed by atoms with Gasteiger partial charge in [0.1, 0.15) is 0 Å². The van der Waals surface area contributed by atoms with Crippen LogP contribution >= 0.6 is 11.8 Å².